The van der Waals surface area contributed by atoms with Gasteiger partial charge in [-0.2, -0.15) is 0 Å². The first-order valence-corrected chi connectivity index (χ1v) is 7.09. The molecule has 0 aromatic rings. The molecule has 0 bridgehead atoms. The molecule has 0 aromatic carbocycles. The van der Waals surface area contributed by atoms with E-state index in [9.17, 15) is 13.6 Å². The summed E-state index contributed by atoms with van der Waals surface area (Å²) >= 11 is 0. The molecule has 0 aliphatic carbocycles. The Hall–Kier alpha value is -0.750. The average molecular weight is 294 g/mol. The van der Waals surface area contributed by atoms with Crippen molar-refractivity contribution in [1.29, 1.82) is 0 Å². The van der Waals surface area contributed by atoms with Gasteiger partial charge in [0.2, 0.25) is 5.91 Å². The molecule has 0 saturated carbocycles. The van der Waals surface area contributed by atoms with Gasteiger partial charge in [-0.05, 0) is 30.7 Å². The number of amides is 1. The summed E-state index contributed by atoms with van der Waals surface area (Å²) in [5.74, 6) is -0.0513. The Balaban J connectivity index is 4.46. The Morgan fingerprint density at radius 2 is 1.90 bits per heavy atom. The maximum Gasteiger partial charge on any atom is 0.255 e. The van der Waals surface area contributed by atoms with Gasteiger partial charge < -0.3 is 15.7 Å². The molecule has 0 rings (SSSR count). The summed E-state index contributed by atoms with van der Waals surface area (Å²) in [6.45, 7) is 5.85. The number of carbonyl (C=O) groups excluding carboxylic acids is 1. The number of hydrogen-bond donors (Lipinski definition) is 2. The molecule has 4 nitrogen and oxygen atoms in total. The molecule has 1 unspecified atom stereocenters. The normalized spacial score (nSPS) is 13.6. The second-order valence-corrected chi connectivity index (χ2v) is 6.13. The second-order valence-electron chi connectivity index (χ2n) is 6.13. The fraction of sp³-hybridized carbons (Fsp3) is 0.929. The highest BCUT2D eigenvalue weighted by molar-refractivity contribution is 5.76. The van der Waals surface area contributed by atoms with Crippen molar-refractivity contribution in [2.45, 2.75) is 46.5 Å². The summed E-state index contributed by atoms with van der Waals surface area (Å²) in [5.41, 5.74) is 5.61. The van der Waals surface area contributed by atoms with Crippen LogP contribution in [0.25, 0.3) is 0 Å². The molecule has 0 radical (unpaired) electrons. The third-order valence-corrected chi connectivity index (χ3v) is 3.53. The molecule has 0 heterocycles. The van der Waals surface area contributed by atoms with Crippen LogP contribution in [-0.2, 0) is 4.79 Å². The highest BCUT2D eigenvalue weighted by atomic mass is 19.3. The molecule has 0 saturated heterocycles. The lowest BCUT2D eigenvalue weighted by Gasteiger charge is -2.31. The standard InChI is InChI=1S/C14H28F2N2O2/c1-14(2,3)11(6-7-17)4-5-13(20)18(8-9-19)10-12(15)16/h11-12,19H,4-10,17H2,1-3H3. The van der Waals surface area contributed by atoms with E-state index in [1.807, 2.05) is 0 Å². The lowest BCUT2D eigenvalue weighted by Crippen LogP contribution is -2.37. The number of aliphatic hydroxyl groups excluding tert-OH is 1. The number of carbonyl (C=O) groups is 1. The van der Waals surface area contributed by atoms with Crippen molar-refractivity contribution in [3.05, 3.63) is 0 Å². The minimum atomic E-state index is -2.58. The minimum Gasteiger partial charge on any atom is -0.395 e. The zero-order valence-electron chi connectivity index (χ0n) is 12.7. The number of aliphatic hydroxyl groups is 1. The summed E-state index contributed by atoms with van der Waals surface area (Å²) in [6.07, 6.45) is -0.918. The third kappa shape index (κ3) is 7.75. The molecule has 0 fully saturated rings. The smallest absolute Gasteiger partial charge is 0.255 e. The van der Waals surface area contributed by atoms with E-state index in [0.717, 1.165) is 11.3 Å². The third-order valence-electron chi connectivity index (χ3n) is 3.53. The lowest BCUT2D eigenvalue weighted by atomic mass is 9.76. The van der Waals surface area contributed by atoms with Crippen molar-refractivity contribution < 1.29 is 18.7 Å². The molecule has 1 atom stereocenters. The number of halogens is 2. The molecule has 1 amide bonds. The fourth-order valence-electron chi connectivity index (χ4n) is 2.27. The van der Waals surface area contributed by atoms with Crippen molar-refractivity contribution in [2.24, 2.45) is 17.1 Å². The Morgan fingerprint density at radius 3 is 2.30 bits per heavy atom. The van der Waals surface area contributed by atoms with E-state index in [1.54, 1.807) is 0 Å². The van der Waals surface area contributed by atoms with E-state index < -0.39 is 13.0 Å². The van der Waals surface area contributed by atoms with Crippen LogP contribution >= 0.6 is 0 Å². The highest BCUT2D eigenvalue weighted by Crippen LogP contribution is 2.32. The molecule has 3 N–H and O–H groups in total. The zero-order valence-corrected chi connectivity index (χ0v) is 12.7. The van der Waals surface area contributed by atoms with Gasteiger partial charge in [-0.25, -0.2) is 8.78 Å². The van der Waals surface area contributed by atoms with Crippen LogP contribution in [0, 0.1) is 11.3 Å². The monoisotopic (exact) mass is 294 g/mol. The number of hydrogen-bond acceptors (Lipinski definition) is 3. The van der Waals surface area contributed by atoms with E-state index in [4.69, 9.17) is 10.8 Å². The van der Waals surface area contributed by atoms with Crippen molar-refractivity contribution in [3.63, 3.8) is 0 Å². The molecule has 6 heteroatoms. The van der Waals surface area contributed by atoms with Gasteiger partial charge in [0.05, 0.1) is 13.2 Å². The maximum absolute atomic E-state index is 12.4. The van der Waals surface area contributed by atoms with Gasteiger partial charge in [-0.1, -0.05) is 20.8 Å². The van der Waals surface area contributed by atoms with Gasteiger partial charge in [0, 0.05) is 13.0 Å². The van der Waals surface area contributed by atoms with E-state index >= 15 is 0 Å². The molecule has 0 aliphatic rings. The SMILES string of the molecule is CC(C)(C)C(CCN)CCC(=O)N(CCO)CC(F)F. The quantitative estimate of drug-likeness (QED) is 0.682. The summed E-state index contributed by atoms with van der Waals surface area (Å²) in [5, 5.41) is 8.83. The Labute approximate surface area is 120 Å². The fourth-order valence-corrected chi connectivity index (χ4v) is 2.27. The highest BCUT2D eigenvalue weighted by Gasteiger charge is 2.26. The number of alkyl halides is 2. The van der Waals surface area contributed by atoms with E-state index in [2.05, 4.69) is 20.8 Å². The molecule has 0 aliphatic heterocycles. The molecule has 20 heavy (non-hydrogen) atoms. The van der Waals surface area contributed by atoms with Gasteiger partial charge in [-0.3, -0.25) is 4.79 Å². The number of nitrogens with two attached hydrogens (primary N) is 1. The Morgan fingerprint density at radius 1 is 1.30 bits per heavy atom. The average Bonchev–Trinajstić information content (AvgIpc) is 2.31. The predicted molar refractivity (Wildman–Crippen MR) is 75.5 cm³/mol. The predicted octanol–water partition coefficient (Wildman–Crippen LogP) is 1.86. The van der Waals surface area contributed by atoms with E-state index in [0.29, 0.717) is 13.0 Å². The summed E-state index contributed by atoms with van der Waals surface area (Å²) in [4.78, 5) is 13.0. The number of rotatable bonds is 9. The van der Waals surface area contributed by atoms with Crippen LogP contribution in [0.3, 0.4) is 0 Å². The van der Waals surface area contributed by atoms with Crippen LogP contribution in [-0.4, -0.2) is 48.6 Å². The minimum absolute atomic E-state index is 0.0319. The first-order valence-electron chi connectivity index (χ1n) is 7.09. The first-order chi connectivity index (χ1) is 9.22. The molecule has 0 spiro atoms. The van der Waals surface area contributed by atoms with Crippen LogP contribution in [0.4, 0.5) is 8.78 Å². The molecular weight excluding hydrogens is 266 g/mol. The number of nitrogens with zero attached hydrogens (tertiary/aromatic N) is 1. The largest absolute Gasteiger partial charge is 0.395 e. The van der Waals surface area contributed by atoms with Gasteiger partial charge >= 0.3 is 0 Å². The van der Waals surface area contributed by atoms with Crippen LogP contribution in [0.5, 0.6) is 0 Å². The second kappa shape index (κ2) is 9.23. The Bertz CT molecular complexity index is 281. The van der Waals surface area contributed by atoms with E-state index in [1.165, 1.54) is 0 Å². The van der Waals surface area contributed by atoms with Crippen LogP contribution < -0.4 is 5.73 Å². The molecule has 0 aromatic heterocycles. The van der Waals surface area contributed by atoms with Crippen LogP contribution in [0.15, 0.2) is 0 Å². The van der Waals surface area contributed by atoms with Crippen LogP contribution in [0.2, 0.25) is 0 Å². The zero-order chi connectivity index (χ0) is 15.8. The van der Waals surface area contributed by atoms with Crippen molar-refractivity contribution in [3.8, 4) is 0 Å². The van der Waals surface area contributed by atoms with Gasteiger partial charge in [-0.15, -0.1) is 0 Å². The lowest BCUT2D eigenvalue weighted by molar-refractivity contribution is -0.134. The van der Waals surface area contributed by atoms with Gasteiger partial charge in [0.25, 0.3) is 6.43 Å². The Kier molecular flexibility index (Phi) is 8.89. The maximum atomic E-state index is 12.4. The molecular formula is C14H28F2N2O2. The summed E-state index contributed by atoms with van der Waals surface area (Å²) in [6, 6.07) is 0. The van der Waals surface area contributed by atoms with Crippen molar-refractivity contribution >= 4 is 5.91 Å². The van der Waals surface area contributed by atoms with Crippen LogP contribution in [0.1, 0.15) is 40.0 Å². The summed E-state index contributed by atoms with van der Waals surface area (Å²) < 4.78 is 24.8. The van der Waals surface area contributed by atoms with Crippen molar-refractivity contribution in [1.82, 2.24) is 4.90 Å². The summed E-state index contributed by atoms with van der Waals surface area (Å²) in [7, 11) is 0. The topological polar surface area (TPSA) is 66.6 Å². The van der Waals surface area contributed by atoms with Gasteiger partial charge in [0.1, 0.15) is 0 Å². The van der Waals surface area contributed by atoms with Crippen molar-refractivity contribution in [2.75, 3.05) is 26.2 Å². The van der Waals surface area contributed by atoms with E-state index in [-0.39, 0.29) is 36.8 Å². The van der Waals surface area contributed by atoms with Gasteiger partial charge in [0.15, 0.2) is 0 Å². The first kappa shape index (κ1) is 19.2. The molecule has 120 valence electrons.